The molecule has 21 heavy (non-hydrogen) atoms. The van der Waals surface area contributed by atoms with Crippen LogP contribution in [0.15, 0.2) is 65.6 Å². The van der Waals surface area contributed by atoms with E-state index in [1.54, 1.807) is 55.5 Å². The normalized spacial score (nSPS) is 16.1. The van der Waals surface area contributed by atoms with Crippen LogP contribution in [-0.2, 0) is 9.84 Å². The SMILES string of the molecule is CC[C@@](Cl)([C@H](O)c1ccccc1)S(=O)(=O)c1ccccc1. The summed E-state index contributed by atoms with van der Waals surface area (Å²) in [6.07, 6.45) is -1.22. The van der Waals surface area contributed by atoms with Crippen LogP contribution in [0.25, 0.3) is 0 Å². The zero-order valence-corrected chi connectivity index (χ0v) is 13.2. The molecule has 0 unspecified atom stereocenters. The van der Waals surface area contributed by atoms with Gasteiger partial charge in [-0.05, 0) is 24.1 Å². The fourth-order valence-corrected chi connectivity index (χ4v) is 4.32. The Bertz CT molecular complexity index is 686. The number of aliphatic hydroxyl groups is 1. The quantitative estimate of drug-likeness (QED) is 0.856. The van der Waals surface area contributed by atoms with Crippen molar-refractivity contribution in [2.45, 2.75) is 28.6 Å². The lowest BCUT2D eigenvalue weighted by Gasteiger charge is -2.31. The third-order valence-corrected chi connectivity index (χ3v) is 6.89. The molecule has 5 heteroatoms. The number of alkyl halides is 1. The summed E-state index contributed by atoms with van der Waals surface area (Å²) in [7, 11) is -3.88. The Labute approximate surface area is 130 Å². The monoisotopic (exact) mass is 324 g/mol. The van der Waals surface area contributed by atoms with E-state index < -0.39 is 20.1 Å². The Hall–Kier alpha value is -1.36. The highest BCUT2D eigenvalue weighted by Crippen LogP contribution is 2.43. The van der Waals surface area contributed by atoms with Gasteiger partial charge in [-0.25, -0.2) is 8.42 Å². The molecule has 2 atom stereocenters. The highest BCUT2D eigenvalue weighted by molar-refractivity contribution is 7.94. The van der Waals surface area contributed by atoms with Crippen LogP contribution in [0.2, 0.25) is 0 Å². The van der Waals surface area contributed by atoms with Gasteiger partial charge in [-0.3, -0.25) is 0 Å². The van der Waals surface area contributed by atoms with Crippen molar-refractivity contribution in [3.05, 3.63) is 66.2 Å². The van der Waals surface area contributed by atoms with Gasteiger partial charge in [0.1, 0.15) is 6.10 Å². The van der Waals surface area contributed by atoms with E-state index in [9.17, 15) is 13.5 Å². The minimum atomic E-state index is -3.88. The molecule has 0 radical (unpaired) electrons. The summed E-state index contributed by atoms with van der Waals surface area (Å²) in [6, 6.07) is 16.6. The van der Waals surface area contributed by atoms with Crippen LogP contribution in [0.1, 0.15) is 25.0 Å². The molecule has 1 N–H and O–H groups in total. The summed E-state index contributed by atoms with van der Waals surface area (Å²) in [5.74, 6) is 0. The molecule has 3 nitrogen and oxygen atoms in total. The van der Waals surface area contributed by atoms with Crippen molar-refractivity contribution in [2.24, 2.45) is 0 Å². The Morgan fingerprint density at radius 2 is 1.52 bits per heavy atom. The molecule has 0 spiro atoms. The molecule has 0 saturated carbocycles. The molecule has 0 amide bonds. The second kappa shape index (κ2) is 6.18. The molecule has 2 aromatic carbocycles. The number of halogens is 1. The van der Waals surface area contributed by atoms with Crippen molar-refractivity contribution < 1.29 is 13.5 Å². The third-order valence-electron chi connectivity index (χ3n) is 3.51. The van der Waals surface area contributed by atoms with E-state index in [-0.39, 0.29) is 11.3 Å². The Morgan fingerprint density at radius 1 is 1.05 bits per heavy atom. The average molecular weight is 325 g/mol. The summed E-state index contributed by atoms with van der Waals surface area (Å²) < 4.78 is 23.8. The molecule has 112 valence electrons. The van der Waals surface area contributed by atoms with Crippen LogP contribution in [0, 0.1) is 0 Å². The smallest absolute Gasteiger partial charge is 0.200 e. The summed E-state index contributed by atoms with van der Waals surface area (Å²) >= 11 is 6.40. The van der Waals surface area contributed by atoms with Gasteiger partial charge in [0.15, 0.2) is 4.21 Å². The molecule has 0 heterocycles. The lowest BCUT2D eigenvalue weighted by atomic mass is 10.0. The van der Waals surface area contributed by atoms with Gasteiger partial charge in [0, 0.05) is 0 Å². The fourth-order valence-electron chi connectivity index (χ4n) is 2.21. The van der Waals surface area contributed by atoms with Crippen molar-refractivity contribution in [3.8, 4) is 0 Å². The van der Waals surface area contributed by atoms with Gasteiger partial charge in [-0.1, -0.05) is 67.1 Å². The van der Waals surface area contributed by atoms with Crippen molar-refractivity contribution in [2.75, 3.05) is 0 Å². The molecule has 2 aromatic rings. The van der Waals surface area contributed by atoms with Crippen LogP contribution in [0.3, 0.4) is 0 Å². The van der Waals surface area contributed by atoms with Gasteiger partial charge >= 0.3 is 0 Å². The van der Waals surface area contributed by atoms with Crippen molar-refractivity contribution >= 4 is 21.4 Å². The number of hydrogen-bond acceptors (Lipinski definition) is 3. The number of sulfone groups is 1. The van der Waals surface area contributed by atoms with Crippen LogP contribution in [0.5, 0.6) is 0 Å². The van der Waals surface area contributed by atoms with Crippen LogP contribution >= 0.6 is 11.6 Å². The molecule has 0 bridgehead atoms. The van der Waals surface area contributed by atoms with E-state index in [0.717, 1.165) is 0 Å². The Kier molecular flexibility index (Phi) is 4.71. The highest BCUT2D eigenvalue weighted by Gasteiger charge is 2.48. The van der Waals surface area contributed by atoms with Crippen LogP contribution < -0.4 is 0 Å². The lowest BCUT2D eigenvalue weighted by Crippen LogP contribution is -2.38. The van der Waals surface area contributed by atoms with Gasteiger partial charge in [0.05, 0.1) is 4.90 Å². The lowest BCUT2D eigenvalue weighted by molar-refractivity contribution is 0.154. The molecular weight excluding hydrogens is 308 g/mol. The molecule has 0 aromatic heterocycles. The Balaban J connectivity index is 2.51. The average Bonchev–Trinajstić information content (AvgIpc) is 2.54. The molecule has 0 aliphatic carbocycles. The zero-order chi connectivity index (χ0) is 15.5. The van der Waals surface area contributed by atoms with E-state index in [2.05, 4.69) is 0 Å². The van der Waals surface area contributed by atoms with Gasteiger partial charge in [0.25, 0.3) is 0 Å². The van der Waals surface area contributed by atoms with E-state index in [1.807, 2.05) is 0 Å². The molecular formula is C16H17ClO3S. The minimum absolute atomic E-state index is 0.0852. The van der Waals surface area contributed by atoms with Gasteiger partial charge < -0.3 is 5.11 Å². The summed E-state index contributed by atoms with van der Waals surface area (Å²) in [6.45, 7) is 1.65. The molecule has 0 saturated heterocycles. The highest BCUT2D eigenvalue weighted by atomic mass is 35.5. The minimum Gasteiger partial charge on any atom is -0.385 e. The largest absolute Gasteiger partial charge is 0.385 e. The first-order valence-electron chi connectivity index (χ1n) is 6.65. The summed E-state index contributed by atoms with van der Waals surface area (Å²) in [5, 5.41) is 10.5. The number of aliphatic hydroxyl groups excluding tert-OH is 1. The van der Waals surface area contributed by atoms with E-state index >= 15 is 0 Å². The van der Waals surface area contributed by atoms with E-state index in [1.165, 1.54) is 12.1 Å². The maximum absolute atomic E-state index is 12.8. The molecule has 0 aliphatic rings. The number of rotatable bonds is 5. The maximum Gasteiger partial charge on any atom is 0.200 e. The first-order valence-corrected chi connectivity index (χ1v) is 8.51. The standard InChI is InChI=1S/C16H17ClO3S/c1-2-16(17,15(18)13-9-5-3-6-10-13)21(19,20)14-11-7-4-8-12-14/h3-12,15,18H,2H2,1H3/t15-,16+/m1/s1. The van der Waals surface area contributed by atoms with Gasteiger partial charge in [-0.2, -0.15) is 0 Å². The predicted molar refractivity (Wildman–Crippen MR) is 83.9 cm³/mol. The molecule has 2 rings (SSSR count). The fraction of sp³-hybridized carbons (Fsp3) is 0.250. The predicted octanol–water partition coefficient (Wildman–Crippen LogP) is 3.54. The van der Waals surface area contributed by atoms with Crippen molar-refractivity contribution in [1.82, 2.24) is 0 Å². The maximum atomic E-state index is 12.8. The third kappa shape index (κ3) is 2.84. The Morgan fingerprint density at radius 3 is 2.00 bits per heavy atom. The first kappa shape index (κ1) is 16.0. The number of benzene rings is 2. The first-order chi connectivity index (χ1) is 9.93. The van der Waals surface area contributed by atoms with Crippen molar-refractivity contribution in [1.29, 1.82) is 0 Å². The molecule has 0 fully saturated rings. The van der Waals surface area contributed by atoms with Crippen molar-refractivity contribution in [3.63, 3.8) is 0 Å². The molecule has 0 aliphatic heterocycles. The van der Waals surface area contributed by atoms with E-state index in [4.69, 9.17) is 11.6 Å². The zero-order valence-electron chi connectivity index (χ0n) is 11.6. The van der Waals surface area contributed by atoms with Gasteiger partial charge in [-0.15, -0.1) is 0 Å². The summed E-state index contributed by atoms with van der Waals surface area (Å²) in [5.41, 5.74) is 0.480. The second-order valence-corrected chi connectivity index (χ2v) is 7.87. The number of hydrogen-bond donors (Lipinski definition) is 1. The van der Waals surface area contributed by atoms with E-state index in [0.29, 0.717) is 5.56 Å². The van der Waals surface area contributed by atoms with Crippen LogP contribution in [0.4, 0.5) is 0 Å². The summed E-state index contributed by atoms with van der Waals surface area (Å²) in [4.78, 5) is 0.108. The topological polar surface area (TPSA) is 54.4 Å². The van der Waals surface area contributed by atoms with Crippen LogP contribution in [-0.4, -0.2) is 17.7 Å². The van der Waals surface area contributed by atoms with Gasteiger partial charge in [0.2, 0.25) is 9.84 Å². The second-order valence-electron chi connectivity index (χ2n) is 4.77.